The first-order chi connectivity index (χ1) is 10.5. The largest absolute Gasteiger partial charge is 0.389 e. The van der Waals surface area contributed by atoms with Crippen molar-refractivity contribution < 1.29 is 18.3 Å². The van der Waals surface area contributed by atoms with E-state index >= 15 is 0 Å². The van der Waals surface area contributed by atoms with Crippen molar-refractivity contribution in [2.45, 2.75) is 30.4 Å². The van der Waals surface area contributed by atoms with Crippen LogP contribution in [-0.2, 0) is 14.8 Å². The number of ether oxygens (including phenoxy) is 1. The van der Waals surface area contributed by atoms with Gasteiger partial charge >= 0.3 is 0 Å². The monoisotopic (exact) mass is 322 g/mol. The van der Waals surface area contributed by atoms with Crippen molar-refractivity contribution in [3.63, 3.8) is 0 Å². The van der Waals surface area contributed by atoms with E-state index in [4.69, 9.17) is 4.74 Å². The first-order valence-corrected chi connectivity index (χ1v) is 8.59. The molecule has 0 radical (unpaired) electrons. The number of nitrogens with one attached hydrogen (secondary N) is 1. The molecule has 0 unspecified atom stereocenters. The smallest absolute Gasteiger partial charge is 0.243 e. The van der Waals surface area contributed by atoms with E-state index in [0.717, 1.165) is 10.9 Å². The molecule has 1 aromatic carbocycles. The van der Waals surface area contributed by atoms with Crippen molar-refractivity contribution in [3.05, 3.63) is 36.0 Å². The van der Waals surface area contributed by atoms with Crippen LogP contribution in [0.1, 0.15) is 12.0 Å². The van der Waals surface area contributed by atoms with Gasteiger partial charge in [0.05, 0.1) is 24.3 Å². The van der Waals surface area contributed by atoms with Crippen LogP contribution in [0.5, 0.6) is 0 Å². The van der Waals surface area contributed by atoms with Crippen LogP contribution in [0.25, 0.3) is 10.9 Å². The van der Waals surface area contributed by atoms with Gasteiger partial charge in [-0.1, -0.05) is 6.07 Å². The lowest BCUT2D eigenvalue weighted by Crippen LogP contribution is -2.48. The first kappa shape index (κ1) is 15.4. The van der Waals surface area contributed by atoms with Crippen molar-refractivity contribution in [1.29, 1.82) is 0 Å². The van der Waals surface area contributed by atoms with E-state index in [9.17, 15) is 13.5 Å². The molecule has 1 aliphatic rings. The van der Waals surface area contributed by atoms with E-state index in [-0.39, 0.29) is 11.5 Å². The Morgan fingerprint density at radius 3 is 3.00 bits per heavy atom. The van der Waals surface area contributed by atoms with Crippen molar-refractivity contribution >= 4 is 20.9 Å². The molecule has 1 aromatic heterocycles. The molecule has 0 saturated carbocycles. The number of hydrogen-bond acceptors (Lipinski definition) is 5. The zero-order chi connectivity index (χ0) is 15.7. The van der Waals surface area contributed by atoms with E-state index < -0.39 is 22.2 Å². The second kappa shape index (κ2) is 5.92. The molecule has 0 bridgehead atoms. The molecule has 1 fully saturated rings. The molecule has 7 heteroatoms. The van der Waals surface area contributed by atoms with Gasteiger partial charge in [-0.3, -0.25) is 4.98 Å². The summed E-state index contributed by atoms with van der Waals surface area (Å²) in [6, 6.07) is 6.55. The minimum Gasteiger partial charge on any atom is -0.389 e. The lowest BCUT2D eigenvalue weighted by atomic mass is 10.1. The maximum atomic E-state index is 12.7. The quantitative estimate of drug-likeness (QED) is 0.879. The number of pyridine rings is 1. The summed E-state index contributed by atoms with van der Waals surface area (Å²) in [7, 11) is -3.77. The number of rotatable bonds is 3. The Morgan fingerprint density at radius 2 is 2.23 bits per heavy atom. The van der Waals surface area contributed by atoms with E-state index in [1.165, 1.54) is 0 Å². The molecular formula is C15H18N2O4S. The number of benzene rings is 1. The maximum Gasteiger partial charge on any atom is 0.243 e. The zero-order valence-electron chi connectivity index (χ0n) is 12.2. The van der Waals surface area contributed by atoms with Gasteiger partial charge < -0.3 is 9.84 Å². The van der Waals surface area contributed by atoms with Gasteiger partial charge in [0.2, 0.25) is 10.0 Å². The van der Waals surface area contributed by atoms with Crippen molar-refractivity contribution in [2.24, 2.45) is 0 Å². The molecular weight excluding hydrogens is 304 g/mol. The zero-order valence-corrected chi connectivity index (χ0v) is 13.0. The fourth-order valence-corrected chi connectivity index (χ4v) is 4.20. The summed E-state index contributed by atoms with van der Waals surface area (Å²) in [6.45, 7) is 2.41. The van der Waals surface area contributed by atoms with E-state index in [1.807, 2.05) is 19.1 Å². The minimum absolute atomic E-state index is 0.139. The number of aliphatic hydroxyl groups excluding tert-OH is 1. The van der Waals surface area contributed by atoms with Crippen molar-refractivity contribution in [3.8, 4) is 0 Å². The Kier molecular flexibility index (Phi) is 4.14. The second-order valence-electron chi connectivity index (χ2n) is 5.50. The van der Waals surface area contributed by atoms with Crippen LogP contribution in [0.3, 0.4) is 0 Å². The number of sulfonamides is 1. The fraction of sp³-hybridized carbons (Fsp3) is 0.400. The van der Waals surface area contributed by atoms with Gasteiger partial charge in [-0.15, -0.1) is 0 Å². The third-order valence-corrected chi connectivity index (χ3v) is 5.24. The van der Waals surface area contributed by atoms with Gasteiger partial charge in [0.25, 0.3) is 0 Å². The van der Waals surface area contributed by atoms with E-state index in [1.54, 1.807) is 18.3 Å². The first-order valence-electron chi connectivity index (χ1n) is 7.11. The molecule has 118 valence electrons. The molecule has 6 nitrogen and oxygen atoms in total. The van der Waals surface area contributed by atoms with Gasteiger partial charge in [-0.05, 0) is 37.1 Å². The van der Waals surface area contributed by atoms with E-state index in [2.05, 4.69) is 9.71 Å². The van der Waals surface area contributed by atoms with Crippen molar-refractivity contribution in [2.75, 3.05) is 13.2 Å². The highest BCUT2D eigenvalue weighted by Crippen LogP contribution is 2.24. The number of aromatic nitrogens is 1. The SMILES string of the molecule is Cc1cc(S(=O)(=O)N[C@@H]2CCOC[C@H]2O)c2ncccc2c1. The number of fused-ring (bicyclic) bond motifs is 1. The molecule has 1 aliphatic heterocycles. The molecule has 0 aliphatic carbocycles. The lowest BCUT2D eigenvalue weighted by Gasteiger charge is -2.28. The van der Waals surface area contributed by atoms with Gasteiger partial charge in [0.15, 0.2) is 0 Å². The molecule has 1 saturated heterocycles. The predicted molar refractivity (Wildman–Crippen MR) is 82.0 cm³/mol. The van der Waals surface area contributed by atoms with Crippen LogP contribution < -0.4 is 4.72 Å². The Hall–Kier alpha value is -1.54. The molecule has 22 heavy (non-hydrogen) atoms. The molecule has 2 N–H and O–H groups in total. The summed E-state index contributed by atoms with van der Waals surface area (Å²) >= 11 is 0. The summed E-state index contributed by atoms with van der Waals surface area (Å²) in [6.07, 6.45) is 1.17. The lowest BCUT2D eigenvalue weighted by molar-refractivity contribution is -0.0222. The fourth-order valence-electron chi connectivity index (χ4n) is 2.63. The van der Waals surface area contributed by atoms with Crippen LogP contribution in [0, 0.1) is 6.92 Å². The normalized spacial score (nSPS) is 22.8. The summed E-state index contributed by atoms with van der Waals surface area (Å²) < 4.78 is 33.1. The summed E-state index contributed by atoms with van der Waals surface area (Å²) in [5.41, 5.74) is 1.27. The van der Waals surface area contributed by atoms with Gasteiger partial charge in [0.1, 0.15) is 4.90 Å². The topological polar surface area (TPSA) is 88.5 Å². The summed E-state index contributed by atoms with van der Waals surface area (Å²) in [4.78, 5) is 4.33. The molecule has 2 heterocycles. The Labute approximate surface area is 129 Å². The third kappa shape index (κ3) is 2.98. The van der Waals surface area contributed by atoms with E-state index in [0.29, 0.717) is 18.5 Å². The van der Waals surface area contributed by atoms with Gasteiger partial charge in [0, 0.05) is 18.2 Å². The highest BCUT2D eigenvalue weighted by atomic mass is 32.2. The van der Waals surface area contributed by atoms with Crippen LogP contribution in [0.2, 0.25) is 0 Å². The van der Waals surface area contributed by atoms with Crippen LogP contribution in [0.4, 0.5) is 0 Å². The van der Waals surface area contributed by atoms with Crippen molar-refractivity contribution in [1.82, 2.24) is 9.71 Å². The summed E-state index contributed by atoms with van der Waals surface area (Å²) in [5, 5.41) is 10.7. The van der Waals surface area contributed by atoms with Crippen LogP contribution in [-0.4, -0.2) is 43.9 Å². The number of aliphatic hydroxyl groups is 1. The highest BCUT2D eigenvalue weighted by molar-refractivity contribution is 7.89. The minimum atomic E-state index is -3.77. The number of aryl methyl sites for hydroxylation is 1. The Morgan fingerprint density at radius 1 is 1.41 bits per heavy atom. The van der Waals surface area contributed by atoms with Gasteiger partial charge in [-0.25, -0.2) is 13.1 Å². The number of nitrogens with zero attached hydrogens (tertiary/aromatic N) is 1. The highest BCUT2D eigenvalue weighted by Gasteiger charge is 2.29. The molecule has 2 atom stereocenters. The number of hydrogen-bond donors (Lipinski definition) is 2. The second-order valence-corrected chi connectivity index (χ2v) is 7.18. The molecule has 2 aromatic rings. The predicted octanol–water partition coefficient (Wildman–Crippen LogP) is 0.971. The van der Waals surface area contributed by atoms with Gasteiger partial charge in [-0.2, -0.15) is 0 Å². The molecule has 0 amide bonds. The van der Waals surface area contributed by atoms with Crippen LogP contribution >= 0.6 is 0 Å². The van der Waals surface area contributed by atoms with Crippen LogP contribution in [0.15, 0.2) is 35.4 Å². The average Bonchev–Trinajstić information content (AvgIpc) is 2.48. The molecule has 0 spiro atoms. The maximum absolute atomic E-state index is 12.7. The summed E-state index contributed by atoms with van der Waals surface area (Å²) in [5.74, 6) is 0. The average molecular weight is 322 g/mol. The third-order valence-electron chi connectivity index (χ3n) is 3.74. The Bertz CT molecular complexity index is 791. The Balaban J connectivity index is 2.02. The standard InChI is InChI=1S/C15H18N2O4S/c1-10-7-11-3-2-5-16-15(11)14(8-10)22(19,20)17-12-4-6-21-9-13(12)18/h2-3,5,7-8,12-13,17-18H,4,6,9H2,1H3/t12-,13-/m1/s1. The molecule has 3 rings (SSSR count).